The van der Waals surface area contributed by atoms with Crippen LogP contribution in [0.3, 0.4) is 0 Å². The maximum atomic E-state index is 8.58. The molecule has 0 saturated carbocycles. The van der Waals surface area contributed by atoms with Crippen LogP contribution in [0.4, 0.5) is 0 Å². The first-order valence-corrected chi connectivity index (χ1v) is 0.569. The Hall–Kier alpha value is 0.880. The van der Waals surface area contributed by atoms with E-state index in [9.17, 15) is 0 Å². The van der Waals surface area contributed by atoms with Crippen molar-refractivity contribution in [1.29, 1.82) is 0 Å². The molecule has 3 nitrogen and oxygen atoms in total. The molecule has 0 spiro atoms. The smallest absolute Gasteiger partial charge is 1.00 e. The largest absolute Gasteiger partial charge is 1.00 e. The molecule has 4 heteroatoms. The van der Waals surface area contributed by atoms with Gasteiger partial charge in [-0.25, -0.2) is 0 Å². The summed E-state index contributed by atoms with van der Waals surface area (Å²) in [7, 11) is 0. The van der Waals surface area contributed by atoms with Crippen LogP contribution in [0.2, 0.25) is 0 Å². The van der Waals surface area contributed by atoms with Crippen LogP contribution in [0, 0.1) is 5.21 Å². The molecule has 0 amide bonds. The van der Waals surface area contributed by atoms with Gasteiger partial charge in [-0.05, 0) is 0 Å². The second kappa shape index (κ2) is 9.11. The van der Waals surface area contributed by atoms with Crippen LogP contribution in [-0.2, 0) is 0 Å². The minimum atomic E-state index is 0. The van der Waals surface area contributed by atoms with Gasteiger partial charge in [0.2, 0.25) is 0 Å². The van der Waals surface area contributed by atoms with E-state index in [0.29, 0.717) is 0 Å². The Morgan fingerprint density at radius 3 is 2.00 bits per heavy atom. The van der Waals surface area contributed by atoms with Crippen LogP contribution in [0.25, 0.3) is 0 Å². The van der Waals surface area contributed by atoms with E-state index in [-0.39, 0.29) is 36.6 Å². The molecule has 0 unspecified atom stereocenters. The van der Waals surface area contributed by atoms with Gasteiger partial charge < -0.3 is 12.2 Å². The van der Waals surface area contributed by atoms with Crippen LogP contribution in [0.5, 0.6) is 0 Å². The molecule has 0 fully saturated rings. The average Bonchev–Trinajstić information content (AvgIpc) is 0.918. The molecule has 0 aromatic rings. The zero-order valence-electron chi connectivity index (χ0n) is 3.56. The monoisotopic (exact) mass is 72.0 g/mol. The number of hydrogen-bond donors (Lipinski definition) is 2. The molecule has 0 atom stereocenters. The molecule has 0 bridgehead atoms. The molecular weight excluding hydrogens is 67.0 g/mol. The molecule has 22 valence electrons. The minimum Gasteiger partial charge on any atom is -1.00 e. The van der Waals surface area contributed by atoms with Crippen molar-refractivity contribution in [1.82, 2.24) is 0 Å². The Balaban J connectivity index is -0.0000000200. The molecular formula is H5N2NaO. The fourth-order valence-corrected chi connectivity index (χ4v) is 0. The van der Waals surface area contributed by atoms with E-state index in [1.807, 2.05) is 0 Å². The first kappa shape index (κ1) is 8.86. The van der Waals surface area contributed by atoms with Crippen LogP contribution < -0.4 is 41.0 Å². The van der Waals surface area contributed by atoms with Crippen molar-refractivity contribution in [2.45, 2.75) is 0 Å². The molecule has 0 heterocycles. The van der Waals surface area contributed by atoms with Gasteiger partial charge in [-0.15, -0.1) is 0 Å². The molecule has 4 N–H and O–H groups in total. The van der Waals surface area contributed by atoms with Gasteiger partial charge in [-0.2, -0.15) is 5.84 Å². The maximum absolute atomic E-state index is 8.58. The quantitative estimate of drug-likeness (QED) is 0.171. The first-order valence-electron chi connectivity index (χ1n) is 0.569. The zero-order chi connectivity index (χ0) is 2.71. The first-order chi connectivity index (χ1) is 1.41. The predicted molar refractivity (Wildman–Crippen MR) is 10.6 cm³/mol. The summed E-state index contributed by atoms with van der Waals surface area (Å²) in [6.45, 7) is 0. The Kier molecular flexibility index (Phi) is 20.2. The fourth-order valence-electron chi connectivity index (χ4n) is 0. The zero-order valence-corrected chi connectivity index (χ0v) is 4.56. The van der Waals surface area contributed by atoms with Crippen LogP contribution in [0.15, 0.2) is 0 Å². The van der Waals surface area contributed by atoms with E-state index in [1.165, 1.54) is 0 Å². The second-order valence-electron chi connectivity index (χ2n) is 0.136. The van der Waals surface area contributed by atoms with E-state index in [4.69, 9.17) is 5.21 Å². The summed E-state index contributed by atoms with van der Waals surface area (Å²) in [5.41, 5.74) is 0.250. The SMILES string of the molecule is N[NH2+][O-].[H-].[Na+]. The van der Waals surface area contributed by atoms with Gasteiger partial charge in [0.15, 0.2) is 0 Å². The fraction of sp³-hybridized carbons (Fsp3) is 0. The van der Waals surface area contributed by atoms with Gasteiger partial charge in [0.25, 0.3) is 0 Å². The van der Waals surface area contributed by atoms with Crippen molar-refractivity contribution in [2.24, 2.45) is 5.84 Å². The van der Waals surface area contributed by atoms with Gasteiger partial charge in [-0.3, -0.25) is 0 Å². The normalized spacial score (nSPS) is 4.50. The van der Waals surface area contributed by atoms with Gasteiger partial charge in [0.05, 0.1) is 0 Å². The standard InChI is InChI=1S/H4N2O.Na.H/c1-2-3;;/h1-2H2;;/q;+1;-1. The number of quaternary nitrogens is 1. The van der Waals surface area contributed by atoms with Crippen molar-refractivity contribution in [3.8, 4) is 0 Å². The number of rotatable bonds is 0. The summed E-state index contributed by atoms with van der Waals surface area (Å²) in [6, 6.07) is 0. The Morgan fingerprint density at radius 2 is 2.00 bits per heavy atom. The van der Waals surface area contributed by atoms with E-state index < -0.39 is 0 Å². The van der Waals surface area contributed by atoms with Gasteiger partial charge in [0, 0.05) is 0 Å². The summed E-state index contributed by atoms with van der Waals surface area (Å²) in [6.07, 6.45) is 0. The molecule has 0 aromatic heterocycles. The molecule has 0 radical (unpaired) electrons. The van der Waals surface area contributed by atoms with Crippen molar-refractivity contribution in [3.63, 3.8) is 0 Å². The van der Waals surface area contributed by atoms with Crippen LogP contribution in [0.1, 0.15) is 1.43 Å². The summed E-state index contributed by atoms with van der Waals surface area (Å²) < 4.78 is 0. The van der Waals surface area contributed by atoms with E-state index >= 15 is 0 Å². The molecule has 0 aromatic carbocycles. The summed E-state index contributed by atoms with van der Waals surface area (Å²) in [5, 5.41) is 8.58. The van der Waals surface area contributed by atoms with E-state index in [2.05, 4.69) is 5.84 Å². The second-order valence-corrected chi connectivity index (χ2v) is 0.136. The topological polar surface area (TPSA) is 65.7 Å². The minimum absolute atomic E-state index is 0. The third-order valence-electron chi connectivity index (χ3n) is 0. The molecule has 0 aliphatic rings. The van der Waals surface area contributed by atoms with Gasteiger partial charge in [-0.1, -0.05) is 0 Å². The molecule has 0 aliphatic carbocycles. The predicted octanol–water partition coefficient (Wildman–Crippen LogP) is -4.96. The Labute approximate surface area is 47.9 Å². The summed E-state index contributed by atoms with van der Waals surface area (Å²) in [4.78, 5) is 0. The Morgan fingerprint density at radius 1 is 2.00 bits per heavy atom. The number of nitrogens with two attached hydrogens (primary N) is 2. The van der Waals surface area contributed by atoms with E-state index in [0.717, 1.165) is 0 Å². The Bertz CT molecular complexity index is 9.61. The van der Waals surface area contributed by atoms with E-state index in [1.54, 1.807) is 0 Å². The number of hydrogen-bond acceptors (Lipinski definition) is 2. The maximum Gasteiger partial charge on any atom is 1.00 e. The summed E-state index contributed by atoms with van der Waals surface area (Å²) >= 11 is 0. The van der Waals surface area contributed by atoms with Crippen molar-refractivity contribution >= 4 is 0 Å². The van der Waals surface area contributed by atoms with Crippen molar-refractivity contribution < 1.29 is 36.6 Å². The van der Waals surface area contributed by atoms with Crippen molar-refractivity contribution in [2.75, 3.05) is 0 Å². The third kappa shape index (κ3) is 13.1. The summed E-state index contributed by atoms with van der Waals surface area (Å²) in [5.74, 6) is 4.17. The van der Waals surface area contributed by atoms with Gasteiger partial charge >= 0.3 is 29.6 Å². The molecule has 4 heavy (non-hydrogen) atoms. The van der Waals surface area contributed by atoms with Crippen LogP contribution in [-0.4, -0.2) is 0 Å². The molecule has 0 aliphatic heterocycles. The molecule has 0 rings (SSSR count). The van der Waals surface area contributed by atoms with Crippen LogP contribution >= 0.6 is 0 Å². The van der Waals surface area contributed by atoms with Gasteiger partial charge in [0.1, 0.15) is 0 Å². The average molecular weight is 72.0 g/mol. The van der Waals surface area contributed by atoms with Crippen molar-refractivity contribution in [3.05, 3.63) is 5.21 Å². The molecule has 0 saturated heterocycles. The third-order valence-corrected chi connectivity index (χ3v) is 0.